The molecule has 22 heavy (non-hydrogen) atoms. The van der Waals surface area contributed by atoms with E-state index in [2.05, 4.69) is 10.9 Å². The Kier molecular flexibility index (Phi) is 4.83. The maximum absolute atomic E-state index is 12.8. The average molecular weight is 349 g/mol. The van der Waals surface area contributed by atoms with E-state index in [9.17, 15) is 18.0 Å². The Morgan fingerprint density at radius 3 is 2.14 bits per heavy atom. The molecule has 0 heterocycles. The zero-order chi connectivity index (χ0) is 16.3. The summed E-state index contributed by atoms with van der Waals surface area (Å²) in [7, 11) is 0. The van der Waals surface area contributed by atoms with E-state index in [0.717, 1.165) is 6.07 Å². The van der Waals surface area contributed by atoms with Crippen molar-refractivity contribution in [2.45, 2.75) is 6.18 Å². The van der Waals surface area contributed by atoms with Crippen LogP contribution in [0.5, 0.6) is 0 Å². The van der Waals surface area contributed by atoms with Gasteiger partial charge in [-0.15, -0.1) is 0 Å². The summed E-state index contributed by atoms with van der Waals surface area (Å²) < 4.78 is 38.5. The van der Waals surface area contributed by atoms with E-state index in [1.807, 2.05) is 0 Å². The smallest absolute Gasteiger partial charge is 0.298 e. The van der Waals surface area contributed by atoms with Crippen LogP contribution in [0, 0.1) is 0 Å². The average Bonchev–Trinajstić information content (AvgIpc) is 2.44. The van der Waals surface area contributed by atoms with Gasteiger partial charge in [0.15, 0.2) is 0 Å². The second-order valence-electron chi connectivity index (χ2n) is 4.22. The summed E-state index contributed by atoms with van der Waals surface area (Å²) in [5.41, 5.74) is 3.17. The fourth-order valence-electron chi connectivity index (χ4n) is 1.74. The van der Waals surface area contributed by atoms with Gasteiger partial charge in [-0.3, -0.25) is 15.6 Å². The van der Waals surface area contributed by atoms with E-state index in [4.69, 9.17) is 23.2 Å². The van der Waals surface area contributed by atoms with E-state index in [-0.39, 0.29) is 21.3 Å². The molecule has 0 aliphatic rings. The van der Waals surface area contributed by atoms with Gasteiger partial charge < -0.3 is 0 Å². The van der Waals surface area contributed by atoms with Crippen molar-refractivity contribution in [2.75, 3.05) is 5.43 Å². The molecular weight excluding hydrogens is 340 g/mol. The highest BCUT2D eigenvalue weighted by molar-refractivity contribution is 6.39. The quantitative estimate of drug-likeness (QED) is 0.784. The number of nitrogens with one attached hydrogen (secondary N) is 2. The summed E-state index contributed by atoms with van der Waals surface area (Å²) in [4.78, 5) is 12.0. The minimum Gasteiger partial charge on any atom is -0.298 e. The van der Waals surface area contributed by atoms with Crippen molar-refractivity contribution in [3.8, 4) is 0 Å². The maximum atomic E-state index is 12.8. The summed E-state index contributed by atoms with van der Waals surface area (Å²) in [5.74, 6) is -0.743. The molecule has 0 aliphatic carbocycles. The van der Waals surface area contributed by atoms with Gasteiger partial charge in [0.25, 0.3) is 5.91 Å². The molecule has 0 fully saturated rings. The Morgan fingerprint density at radius 2 is 1.55 bits per heavy atom. The van der Waals surface area contributed by atoms with Gasteiger partial charge in [0.2, 0.25) is 0 Å². The predicted octanol–water partition coefficient (Wildman–Crippen LogP) is 4.77. The van der Waals surface area contributed by atoms with E-state index < -0.39 is 17.6 Å². The molecule has 1 amide bonds. The molecular formula is C14H9Cl2F3N2O. The number of benzene rings is 2. The molecule has 0 unspecified atom stereocenters. The van der Waals surface area contributed by atoms with Crippen molar-refractivity contribution in [2.24, 2.45) is 0 Å². The number of hydrogen-bond donors (Lipinski definition) is 2. The van der Waals surface area contributed by atoms with Gasteiger partial charge in [-0.1, -0.05) is 41.4 Å². The molecule has 0 saturated carbocycles. The Bertz CT molecular complexity index is 684. The minimum absolute atomic E-state index is 0.0252. The monoisotopic (exact) mass is 348 g/mol. The number of alkyl halides is 3. The molecule has 0 bridgehead atoms. The lowest BCUT2D eigenvalue weighted by molar-refractivity contribution is -0.137. The van der Waals surface area contributed by atoms with Crippen LogP contribution in [0.15, 0.2) is 42.5 Å². The molecule has 2 aromatic rings. The molecule has 3 nitrogen and oxygen atoms in total. The lowest BCUT2D eigenvalue weighted by Crippen LogP contribution is -2.31. The first-order chi connectivity index (χ1) is 10.3. The van der Waals surface area contributed by atoms with Crippen LogP contribution in [-0.4, -0.2) is 5.91 Å². The number of halogens is 5. The predicted molar refractivity (Wildman–Crippen MR) is 79.0 cm³/mol. The van der Waals surface area contributed by atoms with Crippen LogP contribution < -0.4 is 10.9 Å². The third-order valence-corrected chi connectivity index (χ3v) is 3.36. The fraction of sp³-hybridized carbons (Fsp3) is 0.0714. The van der Waals surface area contributed by atoms with Crippen molar-refractivity contribution >= 4 is 34.8 Å². The molecule has 0 atom stereocenters. The largest absolute Gasteiger partial charge is 0.418 e. The number of hydrazine groups is 1. The van der Waals surface area contributed by atoms with Crippen LogP contribution in [0.1, 0.15) is 15.9 Å². The molecule has 0 aromatic heterocycles. The van der Waals surface area contributed by atoms with Crippen molar-refractivity contribution < 1.29 is 18.0 Å². The number of carbonyl (C=O) groups is 1. The van der Waals surface area contributed by atoms with Gasteiger partial charge >= 0.3 is 6.18 Å². The standard InChI is InChI=1S/C14H9Cl2F3N2O/c15-9-5-3-6-10(16)12(9)13(22)21-20-11-7-2-1-4-8(11)14(17,18)19/h1-7,20H,(H,21,22). The molecule has 0 aliphatic heterocycles. The third-order valence-electron chi connectivity index (χ3n) is 2.73. The van der Waals surface area contributed by atoms with Gasteiger partial charge in [0.1, 0.15) is 0 Å². The number of rotatable bonds is 3. The van der Waals surface area contributed by atoms with Crippen LogP contribution in [0.2, 0.25) is 10.0 Å². The maximum Gasteiger partial charge on any atom is 0.418 e. The molecule has 0 spiro atoms. The lowest BCUT2D eigenvalue weighted by atomic mass is 10.2. The summed E-state index contributed by atoms with van der Waals surface area (Å²) in [6, 6.07) is 9.20. The van der Waals surface area contributed by atoms with E-state index in [1.54, 1.807) is 6.07 Å². The molecule has 0 radical (unpaired) electrons. The molecule has 2 rings (SSSR count). The SMILES string of the molecule is O=C(NNc1ccccc1C(F)(F)F)c1c(Cl)cccc1Cl. The van der Waals surface area contributed by atoms with Gasteiger partial charge in [-0.2, -0.15) is 13.2 Å². The Hall–Kier alpha value is -1.92. The minimum atomic E-state index is -4.55. The molecule has 116 valence electrons. The normalized spacial score (nSPS) is 11.1. The van der Waals surface area contributed by atoms with Crippen LogP contribution in [0.3, 0.4) is 0 Å². The van der Waals surface area contributed by atoms with Gasteiger partial charge in [-0.25, -0.2) is 0 Å². The van der Waals surface area contributed by atoms with Gasteiger partial charge in [0.05, 0.1) is 26.9 Å². The lowest BCUT2D eigenvalue weighted by Gasteiger charge is -2.15. The molecule has 2 N–H and O–H groups in total. The summed E-state index contributed by atoms with van der Waals surface area (Å²) in [6.07, 6.45) is -4.55. The van der Waals surface area contributed by atoms with Crippen LogP contribution in [-0.2, 0) is 6.18 Å². The third kappa shape index (κ3) is 3.64. The highest BCUT2D eigenvalue weighted by atomic mass is 35.5. The zero-order valence-corrected chi connectivity index (χ0v) is 12.4. The Balaban J connectivity index is 2.19. The van der Waals surface area contributed by atoms with Crippen LogP contribution in [0.4, 0.5) is 18.9 Å². The number of para-hydroxylation sites is 1. The molecule has 0 saturated heterocycles. The van der Waals surface area contributed by atoms with Crippen molar-refractivity contribution in [1.82, 2.24) is 5.43 Å². The van der Waals surface area contributed by atoms with E-state index >= 15 is 0 Å². The highest BCUT2D eigenvalue weighted by Crippen LogP contribution is 2.34. The molecule has 2 aromatic carbocycles. The van der Waals surface area contributed by atoms with Crippen molar-refractivity contribution in [3.63, 3.8) is 0 Å². The second kappa shape index (κ2) is 6.46. The van der Waals surface area contributed by atoms with Gasteiger partial charge in [-0.05, 0) is 24.3 Å². The van der Waals surface area contributed by atoms with Crippen LogP contribution >= 0.6 is 23.2 Å². The highest BCUT2D eigenvalue weighted by Gasteiger charge is 2.33. The van der Waals surface area contributed by atoms with Crippen molar-refractivity contribution in [3.05, 3.63) is 63.6 Å². The van der Waals surface area contributed by atoms with Gasteiger partial charge in [0, 0.05) is 0 Å². The summed E-state index contributed by atoms with van der Waals surface area (Å²) in [5, 5.41) is 0.187. The first kappa shape index (κ1) is 16.5. The summed E-state index contributed by atoms with van der Waals surface area (Å²) in [6.45, 7) is 0. The Labute approximate surface area is 134 Å². The Morgan fingerprint density at radius 1 is 0.955 bits per heavy atom. The topological polar surface area (TPSA) is 41.1 Å². The second-order valence-corrected chi connectivity index (χ2v) is 5.03. The first-order valence-corrected chi connectivity index (χ1v) is 6.73. The number of carbonyl (C=O) groups excluding carboxylic acids is 1. The van der Waals surface area contributed by atoms with E-state index in [1.165, 1.54) is 30.3 Å². The fourth-order valence-corrected chi connectivity index (χ4v) is 2.31. The van der Waals surface area contributed by atoms with Crippen LogP contribution in [0.25, 0.3) is 0 Å². The molecule has 8 heteroatoms. The zero-order valence-electron chi connectivity index (χ0n) is 10.8. The number of anilines is 1. The summed E-state index contributed by atoms with van der Waals surface area (Å²) >= 11 is 11.7. The number of amides is 1. The van der Waals surface area contributed by atoms with E-state index in [0.29, 0.717) is 0 Å². The van der Waals surface area contributed by atoms with Crippen molar-refractivity contribution in [1.29, 1.82) is 0 Å². The first-order valence-electron chi connectivity index (χ1n) is 5.97. The number of hydrogen-bond acceptors (Lipinski definition) is 2.